The van der Waals surface area contributed by atoms with Crippen LogP contribution in [0.25, 0.3) is 0 Å². The van der Waals surface area contributed by atoms with Crippen molar-refractivity contribution in [1.82, 2.24) is 4.72 Å². The van der Waals surface area contributed by atoms with Gasteiger partial charge >= 0.3 is 5.97 Å². The van der Waals surface area contributed by atoms with Gasteiger partial charge in [-0.15, -0.1) is 0 Å². The molecule has 0 aromatic heterocycles. The van der Waals surface area contributed by atoms with Crippen molar-refractivity contribution in [3.05, 3.63) is 29.8 Å². The molecule has 22 heavy (non-hydrogen) atoms. The number of nitrogens with one attached hydrogen (secondary N) is 1. The maximum Gasteiger partial charge on any atom is 0.302 e. The van der Waals surface area contributed by atoms with Gasteiger partial charge in [0.2, 0.25) is 10.0 Å². The van der Waals surface area contributed by atoms with Crippen molar-refractivity contribution in [2.45, 2.75) is 56.9 Å². The van der Waals surface area contributed by atoms with Crippen LogP contribution in [0.4, 0.5) is 0 Å². The first-order chi connectivity index (χ1) is 10.2. The Bertz CT molecular complexity index is 640. The molecule has 6 nitrogen and oxygen atoms in total. The molecule has 2 rings (SSSR count). The smallest absolute Gasteiger partial charge is 0.302 e. The Morgan fingerprint density at radius 2 is 1.82 bits per heavy atom. The molecule has 0 spiro atoms. The fourth-order valence-electron chi connectivity index (χ4n) is 2.34. The zero-order valence-electron chi connectivity index (χ0n) is 13.1. The third-order valence-corrected chi connectivity index (χ3v) is 5.12. The summed E-state index contributed by atoms with van der Waals surface area (Å²) < 4.78 is 37.7. The van der Waals surface area contributed by atoms with Crippen LogP contribution in [-0.4, -0.2) is 38.7 Å². The van der Waals surface area contributed by atoms with Gasteiger partial charge in [-0.05, 0) is 32.9 Å². The van der Waals surface area contributed by atoms with Crippen molar-refractivity contribution in [3.63, 3.8) is 0 Å². The highest BCUT2D eigenvalue weighted by Gasteiger charge is 2.48. The second-order valence-corrected chi connectivity index (χ2v) is 7.32. The molecule has 1 aliphatic rings. The lowest BCUT2D eigenvalue weighted by Crippen LogP contribution is -2.38. The molecule has 0 radical (unpaired) electrons. The summed E-state index contributed by atoms with van der Waals surface area (Å²) in [5.41, 5.74) is 0.993. The topological polar surface area (TPSA) is 85.0 Å². The highest BCUT2D eigenvalue weighted by Crippen LogP contribution is 2.30. The van der Waals surface area contributed by atoms with Crippen LogP contribution >= 0.6 is 0 Å². The van der Waals surface area contributed by atoms with Crippen LogP contribution < -0.4 is 4.72 Å². The third kappa shape index (κ3) is 4.06. The molecule has 1 aliphatic heterocycles. The summed E-state index contributed by atoms with van der Waals surface area (Å²) in [5, 5.41) is 0. The summed E-state index contributed by atoms with van der Waals surface area (Å²) in [5.74, 6) is -0.380. The Kier molecular flexibility index (Phi) is 4.89. The van der Waals surface area contributed by atoms with Crippen molar-refractivity contribution in [3.8, 4) is 0 Å². The van der Waals surface area contributed by atoms with Gasteiger partial charge in [0.25, 0.3) is 0 Å². The largest absolute Gasteiger partial charge is 0.460 e. The fourth-order valence-corrected chi connectivity index (χ4v) is 3.60. The zero-order chi connectivity index (χ0) is 16.5. The Morgan fingerprint density at radius 3 is 2.36 bits per heavy atom. The van der Waals surface area contributed by atoms with Crippen molar-refractivity contribution < 1.29 is 22.7 Å². The molecular formula is C15H21NO5S. The van der Waals surface area contributed by atoms with Crippen LogP contribution in [0.5, 0.6) is 0 Å². The van der Waals surface area contributed by atoms with E-state index in [1.165, 1.54) is 6.92 Å². The van der Waals surface area contributed by atoms with Gasteiger partial charge in [-0.2, -0.15) is 0 Å². The second kappa shape index (κ2) is 6.36. The van der Waals surface area contributed by atoms with E-state index in [4.69, 9.17) is 9.47 Å². The van der Waals surface area contributed by atoms with Crippen molar-refractivity contribution in [1.29, 1.82) is 0 Å². The number of carbonyl (C=O) groups excluding carboxylic acids is 1. The second-order valence-electron chi connectivity index (χ2n) is 5.60. The maximum absolute atomic E-state index is 12.3. The molecule has 1 aromatic rings. The maximum atomic E-state index is 12.3. The van der Waals surface area contributed by atoms with Gasteiger partial charge in [0.15, 0.2) is 0 Å². The lowest BCUT2D eigenvalue weighted by Gasteiger charge is -2.14. The average molecular weight is 327 g/mol. The van der Waals surface area contributed by atoms with Gasteiger partial charge < -0.3 is 9.47 Å². The molecule has 0 unspecified atom stereocenters. The van der Waals surface area contributed by atoms with Crippen LogP contribution in [0.3, 0.4) is 0 Å². The average Bonchev–Trinajstić information content (AvgIpc) is 3.18. The first-order valence-corrected chi connectivity index (χ1v) is 8.60. The molecule has 1 heterocycles. The number of sulfonamides is 1. The van der Waals surface area contributed by atoms with E-state index < -0.39 is 22.2 Å². The van der Waals surface area contributed by atoms with Crippen LogP contribution in [-0.2, 0) is 24.3 Å². The predicted molar refractivity (Wildman–Crippen MR) is 80.9 cm³/mol. The molecule has 122 valence electrons. The number of benzene rings is 1. The minimum atomic E-state index is -3.59. The van der Waals surface area contributed by atoms with E-state index in [1.54, 1.807) is 38.1 Å². The summed E-state index contributed by atoms with van der Waals surface area (Å²) in [4.78, 5) is 11.1. The van der Waals surface area contributed by atoms with Crippen molar-refractivity contribution in [2.24, 2.45) is 0 Å². The zero-order valence-corrected chi connectivity index (χ0v) is 13.9. The van der Waals surface area contributed by atoms with E-state index in [0.29, 0.717) is 0 Å². The van der Waals surface area contributed by atoms with Gasteiger partial charge in [0.05, 0.1) is 4.90 Å². The Balaban J connectivity index is 1.96. The van der Waals surface area contributed by atoms with Crippen LogP contribution in [0.1, 0.15) is 26.3 Å². The number of esters is 1. The number of carbonyl (C=O) groups is 1. The van der Waals surface area contributed by atoms with Crippen LogP contribution in [0.2, 0.25) is 0 Å². The van der Waals surface area contributed by atoms with Crippen LogP contribution in [0, 0.1) is 6.92 Å². The van der Waals surface area contributed by atoms with E-state index >= 15 is 0 Å². The number of hydrogen-bond donors (Lipinski definition) is 1. The standard InChI is InChI=1S/C15H21NO5S/c1-9-5-7-13(8-6-9)22(18,19)16-10(2)14-15(21-14)11(3)20-12(4)17/h5-8,10-11,14-16H,1-4H3/t10-,11+,14+,15+/m1/s1. The Hall–Kier alpha value is -1.44. The normalized spacial score (nSPS) is 23.6. The van der Waals surface area contributed by atoms with Crippen molar-refractivity contribution in [2.75, 3.05) is 0 Å². The highest BCUT2D eigenvalue weighted by atomic mass is 32.2. The SMILES string of the molecule is CC(=O)O[C@@H](C)[C@@H]1O[C@H]1[C@@H](C)NS(=O)(=O)c1ccc(C)cc1. The summed E-state index contributed by atoms with van der Waals surface area (Å²) in [6.07, 6.45) is -0.969. The van der Waals surface area contributed by atoms with E-state index in [-0.39, 0.29) is 23.1 Å². The molecule has 1 saturated heterocycles. The third-order valence-electron chi connectivity index (χ3n) is 3.54. The molecule has 0 bridgehead atoms. The molecule has 4 atom stereocenters. The van der Waals surface area contributed by atoms with Gasteiger partial charge in [0, 0.05) is 13.0 Å². The van der Waals surface area contributed by atoms with Gasteiger partial charge in [-0.1, -0.05) is 17.7 Å². The van der Waals surface area contributed by atoms with E-state index in [0.717, 1.165) is 5.56 Å². The molecule has 1 N–H and O–H groups in total. The number of rotatable bonds is 6. The molecule has 0 amide bonds. The van der Waals surface area contributed by atoms with Gasteiger partial charge in [0.1, 0.15) is 18.3 Å². The lowest BCUT2D eigenvalue weighted by atomic mass is 10.1. The number of hydrogen-bond acceptors (Lipinski definition) is 5. The first kappa shape index (κ1) is 16.9. The quantitative estimate of drug-likeness (QED) is 0.630. The highest BCUT2D eigenvalue weighted by molar-refractivity contribution is 7.89. The number of ether oxygens (including phenoxy) is 2. The minimum absolute atomic E-state index is 0.218. The van der Waals surface area contributed by atoms with Crippen molar-refractivity contribution >= 4 is 16.0 Å². The molecule has 1 aromatic carbocycles. The van der Waals surface area contributed by atoms with Gasteiger partial charge in [-0.25, -0.2) is 13.1 Å². The Morgan fingerprint density at radius 1 is 1.23 bits per heavy atom. The van der Waals surface area contributed by atoms with Gasteiger partial charge in [-0.3, -0.25) is 4.79 Å². The molecule has 7 heteroatoms. The lowest BCUT2D eigenvalue weighted by molar-refractivity contribution is -0.146. The summed E-state index contributed by atoms with van der Waals surface area (Å²) >= 11 is 0. The first-order valence-electron chi connectivity index (χ1n) is 7.12. The number of epoxide rings is 1. The molecule has 0 aliphatic carbocycles. The number of aryl methyl sites for hydroxylation is 1. The van der Waals surface area contributed by atoms with E-state index in [9.17, 15) is 13.2 Å². The Labute approximate surface area is 130 Å². The predicted octanol–water partition coefficient (Wildman–Crippen LogP) is 1.38. The molecular weight excluding hydrogens is 306 g/mol. The summed E-state index contributed by atoms with van der Waals surface area (Å²) in [6, 6.07) is 6.22. The van der Waals surface area contributed by atoms with E-state index in [2.05, 4.69) is 4.72 Å². The minimum Gasteiger partial charge on any atom is -0.460 e. The fraction of sp³-hybridized carbons (Fsp3) is 0.533. The summed E-state index contributed by atoms with van der Waals surface area (Å²) in [7, 11) is -3.59. The van der Waals surface area contributed by atoms with Crippen LogP contribution in [0.15, 0.2) is 29.2 Å². The molecule has 0 saturated carbocycles. The molecule has 1 fully saturated rings. The summed E-state index contributed by atoms with van der Waals surface area (Å²) in [6.45, 7) is 6.69. The monoisotopic (exact) mass is 327 g/mol. The van der Waals surface area contributed by atoms with E-state index in [1.807, 2.05) is 6.92 Å².